The predicted molar refractivity (Wildman–Crippen MR) is 92.3 cm³/mol. The third-order valence-electron chi connectivity index (χ3n) is 6.25. The molecule has 4 rings (SSSR count). The maximum Gasteiger partial charge on any atom is 0.316 e. The molecular weight excluding hydrogens is 340 g/mol. The number of ether oxygens (including phenoxy) is 1. The van der Waals surface area contributed by atoms with Crippen molar-refractivity contribution >= 4 is 16.0 Å². The third-order valence-corrected chi connectivity index (χ3v) is 8.10. The Morgan fingerprint density at radius 3 is 2.44 bits per heavy atom. The Balaban J connectivity index is 1.55. The molecule has 1 saturated heterocycles. The molecule has 0 radical (unpaired) electrons. The molecule has 2 aliphatic carbocycles. The molecule has 1 aliphatic heterocycles. The Morgan fingerprint density at radius 2 is 1.88 bits per heavy atom. The fourth-order valence-electron chi connectivity index (χ4n) is 4.49. The van der Waals surface area contributed by atoms with Crippen LogP contribution in [-0.2, 0) is 25.0 Å². The van der Waals surface area contributed by atoms with Crippen LogP contribution >= 0.6 is 0 Å². The normalized spacial score (nSPS) is 30.9. The van der Waals surface area contributed by atoms with Crippen LogP contribution in [0, 0.1) is 11.8 Å². The molecule has 0 amide bonds. The second-order valence-electron chi connectivity index (χ2n) is 7.59. The van der Waals surface area contributed by atoms with Gasteiger partial charge in [-0.25, -0.2) is 8.42 Å². The summed E-state index contributed by atoms with van der Waals surface area (Å²) in [5.74, 6) is 0.422. The molecule has 3 unspecified atom stereocenters. The summed E-state index contributed by atoms with van der Waals surface area (Å²) in [4.78, 5) is 12.3. The Hall–Kier alpha value is -1.44. The molecule has 0 spiro atoms. The molecule has 0 bridgehead atoms. The summed E-state index contributed by atoms with van der Waals surface area (Å²) in [5.41, 5.74) is 6.37. The lowest BCUT2D eigenvalue weighted by molar-refractivity contribution is -0.143. The van der Waals surface area contributed by atoms with Crippen molar-refractivity contribution in [3.05, 3.63) is 29.8 Å². The lowest BCUT2D eigenvalue weighted by Crippen LogP contribution is -2.33. The number of hydrogen-bond acceptors (Lipinski definition) is 5. The number of methoxy groups -OCH3 is 1. The molecule has 25 heavy (non-hydrogen) atoms. The smallest absolute Gasteiger partial charge is 0.316 e. The summed E-state index contributed by atoms with van der Waals surface area (Å²) in [5, 5.41) is 0. The van der Waals surface area contributed by atoms with Crippen molar-refractivity contribution in [1.82, 2.24) is 4.31 Å². The standard InChI is InChI=1S/C18H24N2O4S/c1-24-17(21)18(8-9-18)13-3-5-14(6-4-13)25(22,23)20-10-12-2-7-16(19)15(12)11-20/h3-6,12,15-16H,2,7-11,19H2,1H3. The second kappa shape index (κ2) is 5.79. The van der Waals surface area contributed by atoms with E-state index in [9.17, 15) is 13.2 Å². The van der Waals surface area contributed by atoms with E-state index in [-0.39, 0.29) is 22.8 Å². The minimum atomic E-state index is -3.51. The van der Waals surface area contributed by atoms with E-state index in [0.29, 0.717) is 19.0 Å². The van der Waals surface area contributed by atoms with Gasteiger partial charge in [0, 0.05) is 19.1 Å². The van der Waals surface area contributed by atoms with Crippen LogP contribution < -0.4 is 5.73 Å². The van der Waals surface area contributed by atoms with Gasteiger partial charge in [0.15, 0.2) is 0 Å². The average molecular weight is 364 g/mol. The number of rotatable bonds is 4. The van der Waals surface area contributed by atoms with Gasteiger partial charge in [-0.3, -0.25) is 4.79 Å². The van der Waals surface area contributed by atoms with Crippen LogP contribution in [0.1, 0.15) is 31.2 Å². The molecule has 1 aromatic carbocycles. The monoisotopic (exact) mass is 364 g/mol. The summed E-state index contributed by atoms with van der Waals surface area (Å²) in [6.07, 6.45) is 3.50. The SMILES string of the molecule is COC(=O)C1(c2ccc(S(=O)(=O)N3CC4CCC(N)C4C3)cc2)CC1. The highest BCUT2D eigenvalue weighted by Gasteiger charge is 2.52. The first-order chi connectivity index (χ1) is 11.9. The number of carbonyl (C=O) groups excluding carboxylic acids is 1. The first kappa shape index (κ1) is 17.0. The second-order valence-corrected chi connectivity index (χ2v) is 9.52. The van der Waals surface area contributed by atoms with Crippen LogP contribution in [0.4, 0.5) is 0 Å². The van der Waals surface area contributed by atoms with Gasteiger partial charge in [-0.2, -0.15) is 4.31 Å². The highest BCUT2D eigenvalue weighted by Crippen LogP contribution is 2.49. The third kappa shape index (κ3) is 2.60. The minimum Gasteiger partial charge on any atom is -0.468 e. The van der Waals surface area contributed by atoms with E-state index in [1.807, 2.05) is 0 Å². The lowest BCUT2D eigenvalue weighted by Gasteiger charge is -2.19. The van der Waals surface area contributed by atoms with Gasteiger partial charge in [-0.05, 0) is 55.2 Å². The highest BCUT2D eigenvalue weighted by molar-refractivity contribution is 7.89. The number of nitrogens with zero attached hydrogens (tertiary/aromatic N) is 1. The van der Waals surface area contributed by atoms with E-state index in [4.69, 9.17) is 10.5 Å². The zero-order chi connectivity index (χ0) is 17.8. The fourth-order valence-corrected chi connectivity index (χ4v) is 6.02. The molecule has 3 fully saturated rings. The van der Waals surface area contributed by atoms with Crippen LogP contribution in [0.15, 0.2) is 29.2 Å². The number of carbonyl (C=O) groups is 1. The van der Waals surface area contributed by atoms with Crippen LogP contribution in [0.3, 0.4) is 0 Å². The molecule has 0 aromatic heterocycles. The Bertz CT molecular complexity index is 786. The van der Waals surface area contributed by atoms with Crippen molar-refractivity contribution in [2.24, 2.45) is 17.6 Å². The maximum absolute atomic E-state index is 12.9. The first-order valence-corrected chi connectivity index (χ1v) is 10.3. The zero-order valence-electron chi connectivity index (χ0n) is 14.3. The van der Waals surface area contributed by atoms with Crippen LogP contribution in [-0.4, -0.2) is 44.9 Å². The highest BCUT2D eigenvalue weighted by atomic mass is 32.2. The minimum absolute atomic E-state index is 0.113. The number of benzene rings is 1. The van der Waals surface area contributed by atoms with Crippen molar-refractivity contribution in [2.75, 3.05) is 20.2 Å². The van der Waals surface area contributed by atoms with E-state index in [0.717, 1.165) is 31.2 Å². The van der Waals surface area contributed by atoms with Gasteiger partial charge in [0.05, 0.1) is 17.4 Å². The Kier molecular flexibility index (Phi) is 3.94. The van der Waals surface area contributed by atoms with E-state index in [1.165, 1.54) is 7.11 Å². The van der Waals surface area contributed by atoms with E-state index in [2.05, 4.69) is 0 Å². The van der Waals surface area contributed by atoms with Gasteiger partial charge in [0.1, 0.15) is 0 Å². The molecule has 3 atom stereocenters. The van der Waals surface area contributed by atoms with Gasteiger partial charge < -0.3 is 10.5 Å². The van der Waals surface area contributed by atoms with Gasteiger partial charge >= 0.3 is 5.97 Å². The van der Waals surface area contributed by atoms with Crippen molar-refractivity contribution in [1.29, 1.82) is 0 Å². The van der Waals surface area contributed by atoms with Crippen molar-refractivity contribution in [3.8, 4) is 0 Å². The van der Waals surface area contributed by atoms with Gasteiger partial charge in [0.2, 0.25) is 10.0 Å². The molecule has 136 valence electrons. The largest absolute Gasteiger partial charge is 0.468 e. The van der Waals surface area contributed by atoms with E-state index >= 15 is 0 Å². The topological polar surface area (TPSA) is 89.7 Å². The number of hydrogen-bond donors (Lipinski definition) is 1. The van der Waals surface area contributed by atoms with Crippen molar-refractivity contribution < 1.29 is 17.9 Å². The number of nitrogens with two attached hydrogens (primary N) is 1. The Labute approximate surface area is 148 Å². The van der Waals surface area contributed by atoms with E-state index in [1.54, 1.807) is 28.6 Å². The molecule has 1 aromatic rings. The molecule has 2 saturated carbocycles. The van der Waals surface area contributed by atoms with Gasteiger partial charge in [0.25, 0.3) is 0 Å². The van der Waals surface area contributed by atoms with Crippen molar-refractivity contribution in [3.63, 3.8) is 0 Å². The lowest BCUT2D eigenvalue weighted by atomic mass is 9.96. The number of esters is 1. The summed E-state index contributed by atoms with van der Waals surface area (Å²) in [6, 6.07) is 6.84. The quantitative estimate of drug-likeness (QED) is 0.812. The number of fused-ring (bicyclic) bond motifs is 1. The number of sulfonamides is 1. The molecular formula is C18H24N2O4S. The zero-order valence-corrected chi connectivity index (χ0v) is 15.2. The van der Waals surface area contributed by atoms with Gasteiger partial charge in [-0.1, -0.05) is 12.1 Å². The van der Waals surface area contributed by atoms with Gasteiger partial charge in [-0.15, -0.1) is 0 Å². The molecule has 3 aliphatic rings. The summed E-state index contributed by atoms with van der Waals surface area (Å²) in [6.45, 7) is 1.08. The molecule has 7 heteroatoms. The maximum atomic E-state index is 12.9. The Morgan fingerprint density at radius 1 is 1.20 bits per heavy atom. The summed E-state index contributed by atoms with van der Waals surface area (Å²) >= 11 is 0. The summed E-state index contributed by atoms with van der Waals surface area (Å²) < 4.78 is 32.3. The summed E-state index contributed by atoms with van der Waals surface area (Å²) in [7, 11) is -2.13. The molecule has 1 heterocycles. The van der Waals surface area contributed by atoms with Crippen LogP contribution in [0.5, 0.6) is 0 Å². The van der Waals surface area contributed by atoms with Crippen LogP contribution in [0.25, 0.3) is 0 Å². The van der Waals surface area contributed by atoms with Crippen molar-refractivity contribution in [2.45, 2.75) is 42.0 Å². The fraction of sp³-hybridized carbons (Fsp3) is 0.611. The molecule has 2 N–H and O–H groups in total. The van der Waals surface area contributed by atoms with Crippen LogP contribution in [0.2, 0.25) is 0 Å². The predicted octanol–water partition coefficient (Wildman–Crippen LogP) is 1.25. The average Bonchev–Trinajstić information content (AvgIpc) is 3.19. The van der Waals surface area contributed by atoms with E-state index < -0.39 is 15.4 Å². The first-order valence-electron chi connectivity index (χ1n) is 8.83. The molecule has 6 nitrogen and oxygen atoms in total.